The second kappa shape index (κ2) is 9.65. The number of nitro groups is 1. The lowest BCUT2D eigenvalue weighted by Crippen LogP contribution is -2.13. The Balaban J connectivity index is 1.25. The highest BCUT2D eigenvalue weighted by molar-refractivity contribution is 6.32. The van der Waals surface area contributed by atoms with Crippen LogP contribution in [0.25, 0.3) is 10.9 Å². The van der Waals surface area contributed by atoms with E-state index in [-0.39, 0.29) is 12.3 Å². The zero-order chi connectivity index (χ0) is 25.4. The van der Waals surface area contributed by atoms with E-state index >= 15 is 0 Å². The average molecular weight is 513 g/mol. The first kappa shape index (κ1) is 23.2. The molecular weight excluding hydrogens is 492 g/mol. The Labute approximate surface area is 217 Å². The highest BCUT2D eigenvalue weighted by Gasteiger charge is 2.51. The minimum atomic E-state index is -0.417. The van der Waals surface area contributed by atoms with Crippen molar-refractivity contribution in [3.63, 3.8) is 0 Å². The second-order valence-electron chi connectivity index (χ2n) is 9.03. The number of benzene rings is 2. The lowest BCUT2D eigenvalue weighted by Gasteiger charge is -2.12. The summed E-state index contributed by atoms with van der Waals surface area (Å²) in [6.07, 6.45) is 3.12. The van der Waals surface area contributed by atoms with Crippen LogP contribution in [0.3, 0.4) is 0 Å². The molecular formula is C27H21ClN6O3. The highest BCUT2D eigenvalue weighted by atomic mass is 35.5. The summed E-state index contributed by atoms with van der Waals surface area (Å²) in [7, 11) is 0. The number of aromatic nitrogens is 3. The predicted octanol–water partition coefficient (Wildman–Crippen LogP) is 4.73. The van der Waals surface area contributed by atoms with E-state index < -0.39 is 4.92 Å². The number of ether oxygens (including phenoxy) is 1. The van der Waals surface area contributed by atoms with Crippen LogP contribution in [0.1, 0.15) is 11.3 Å². The molecule has 1 saturated carbocycles. The van der Waals surface area contributed by atoms with Crippen molar-refractivity contribution in [1.82, 2.24) is 20.3 Å². The Morgan fingerprint density at radius 3 is 2.76 bits per heavy atom. The van der Waals surface area contributed by atoms with Crippen molar-refractivity contribution in [1.29, 1.82) is 0 Å². The van der Waals surface area contributed by atoms with E-state index in [1.165, 1.54) is 12.4 Å². The first-order chi connectivity index (χ1) is 18.1. The second-order valence-corrected chi connectivity index (χ2v) is 9.43. The molecule has 1 aliphatic carbocycles. The van der Waals surface area contributed by atoms with Gasteiger partial charge in [-0.05, 0) is 61.3 Å². The van der Waals surface area contributed by atoms with E-state index in [9.17, 15) is 10.1 Å². The van der Waals surface area contributed by atoms with Gasteiger partial charge in [-0.25, -0.2) is 9.97 Å². The topological polar surface area (TPSA) is 115 Å². The molecule has 2 aromatic heterocycles. The van der Waals surface area contributed by atoms with Crippen molar-refractivity contribution in [2.75, 3.05) is 18.4 Å². The number of nitro benzene ring substituents is 1. The fraction of sp³-hybridized carbons (Fsp3) is 0.222. The number of pyridine rings is 1. The van der Waals surface area contributed by atoms with E-state index in [2.05, 4.69) is 37.4 Å². The molecule has 6 rings (SSSR count). The van der Waals surface area contributed by atoms with Crippen LogP contribution in [0.15, 0.2) is 61.1 Å². The summed E-state index contributed by atoms with van der Waals surface area (Å²) in [6, 6.07) is 14.0. The normalized spacial score (nSPS) is 19.5. The van der Waals surface area contributed by atoms with Gasteiger partial charge >= 0.3 is 0 Å². The fourth-order valence-electron chi connectivity index (χ4n) is 4.70. The van der Waals surface area contributed by atoms with Crippen molar-refractivity contribution >= 4 is 39.7 Å². The van der Waals surface area contributed by atoms with Gasteiger partial charge in [0.15, 0.2) is 0 Å². The molecule has 37 heavy (non-hydrogen) atoms. The average Bonchev–Trinajstić information content (AvgIpc) is 3.32. The maximum absolute atomic E-state index is 11.9. The summed E-state index contributed by atoms with van der Waals surface area (Å²) in [5.41, 5.74) is 2.29. The van der Waals surface area contributed by atoms with E-state index in [0.29, 0.717) is 56.5 Å². The SMILES string of the molecule is O=[N+]([O-])c1cc2c(Nc3ccc(OCc4ccccn4)c(Cl)c3)ncnc2cc1C#C[C@H]1[C@H]2CNC[C@@H]12. The van der Waals surface area contributed by atoms with Crippen LogP contribution in [0.4, 0.5) is 17.2 Å². The molecule has 1 saturated heterocycles. The minimum absolute atomic E-state index is 0.0712. The largest absolute Gasteiger partial charge is 0.486 e. The molecule has 9 nitrogen and oxygen atoms in total. The van der Waals surface area contributed by atoms with Crippen LogP contribution < -0.4 is 15.4 Å². The molecule has 0 bridgehead atoms. The van der Waals surface area contributed by atoms with Crippen molar-refractivity contribution < 1.29 is 9.66 Å². The summed E-state index contributed by atoms with van der Waals surface area (Å²) in [4.78, 5) is 24.3. The van der Waals surface area contributed by atoms with Gasteiger partial charge in [0.1, 0.15) is 30.1 Å². The molecule has 2 aliphatic rings. The van der Waals surface area contributed by atoms with Crippen molar-refractivity contribution in [2.45, 2.75) is 6.61 Å². The van der Waals surface area contributed by atoms with Crippen molar-refractivity contribution in [3.05, 3.63) is 87.4 Å². The Morgan fingerprint density at radius 1 is 1.14 bits per heavy atom. The van der Waals surface area contributed by atoms with Gasteiger partial charge in [0.05, 0.1) is 21.2 Å². The summed E-state index contributed by atoms with van der Waals surface area (Å²) in [6.45, 7) is 2.22. The smallest absolute Gasteiger partial charge is 0.285 e. The van der Waals surface area contributed by atoms with Gasteiger partial charge in [-0.15, -0.1) is 0 Å². The van der Waals surface area contributed by atoms with E-state index in [0.717, 1.165) is 18.8 Å². The monoisotopic (exact) mass is 512 g/mol. The lowest BCUT2D eigenvalue weighted by molar-refractivity contribution is -0.385. The lowest BCUT2D eigenvalue weighted by atomic mass is 10.1. The molecule has 184 valence electrons. The van der Waals surface area contributed by atoms with Crippen LogP contribution in [0, 0.1) is 39.7 Å². The summed E-state index contributed by atoms with van der Waals surface area (Å²) < 4.78 is 5.78. The molecule has 2 aromatic carbocycles. The molecule has 0 radical (unpaired) electrons. The third kappa shape index (κ3) is 4.77. The molecule has 3 heterocycles. The van der Waals surface area contributed by atoms with Gasteiger partial charge in [-0.3, -0.25) is 15.1 Å². The molecule has 10 heteroatoms. The zero-order valence-corrected chi connectivity index (χ0v) is 20.3. The van der Waals surface area contributed by atoms with Crippen LogP contribution in [-0.2, 0) is 6.61 Å². The fourth-order valence-corrected chi connectivity index (χ4v) is 4.94. The number of nitrogens with zero attached hydrogens (tertiary/aromatic N) is 4. The van der Waals surface area contributed by atoms with Gasteiger partial charge in [-0.2, -0.15) is 0 Å². The standard InChI is InChI=1S/C27H21ClN6O3/c28-23-10-17(5-7-26(23)37-14-18-3-1-2-8-30-18)33-27-20-11-25(34(35)36)16(9-24(20)31-15-32-27)4-6-19-21-12-29-13-22(19)21/h1-3,5,7-11,15,19,21-22,29H,12-14H2,(H,31,32,33)/t19-,21+,22-. The van der Waals surface area contributed by atoms with Gasteiger partial charge < -0.3 is 15.4 Å². The van der Waals surface area contributed by atoms with Crippen LogP contribution in [0.2, 0.25) is 5.02 Å². The van der Waals surface area contributed by atoms with Crippen LogP contribution in [0.5, 0.6) is 5.75 Å². The summed E-state index contributed by atoms with van der Waals surface area (Å²) in [5, 5.41) is 19.3. The Hall–Kier alpha value is -4.26. The summed E-state index contributed by atoms with van der Waals surface area (Å²) >= 11 is 6.44. The molecule has 2 fully saturated rings. The summed E-state index contributed by atoms with van der Waals surface area (Å²) in [5.74, 6) is 8.65. The van der Waals surface area contributed by atoms with Crippen molar-refractivity contribution in [3.8, 4) is 17.6 Å². The van der Waals surface area contributed by atoms with E-state index in [1.807, 2.05) is 18.2 Å². The molecule has 0 amide bonds. The molecule has 0 spiro atoms. The number of halogens is 1. The number of fused-ring (bicyclic) bond motifs is 2. The van der Waals surface area contributed by atoms with Gasteiger partial charge in [0.25, 0.3) is 5.69 Å². The van der Waals surface area contributed by atoms with Crippen LogP contribution in [-0.4, -0.2) is 33.0 Å². The molecule has 0 unspecified atom stereocenters. The van der Waals surface area contributed by atoms with Gasteiger partial charge in [0, 0.05) is 29.3 Å². The van der Waals surface area contributed by atoms with Crippen molar-refractivity contribution in [2.24, 2.45) is 17.8 Å². The number of hydrogen-bond acceptors (Lipinski definition) is 8. The zero-order valence-electron chi connectivity index (χ0n) is 19.5. The van der Waals surface area contributed by atoms with E-state index in [4.69, 9.17) is 16.3 Å². The first-order valence-corrected chi connectivity index (χ1v) is 12.2. The van der Waals surface area contributed by atoms with Gasteiger partial charge in [0.2, 0.25) is 0 Å². The number of anilines is 2. The third-order valence-electron chi connectivity index (χ3n) is 6.71. The maximum atomic E-state index is 11.9. The quantitative estimate of drug-likeness (QED) is 0.216. The maximum Gasteiger partial charge on any atom is 0.285 e. The molecule has 4 aromatic rings. The number of nitrogens with one attached hydrogen (secondary N) is 2. The van der Waals surface area contributed by atoms with E-state index in [1.54, 1.807) is 30.5 Å². The Bertz CT molecular complexity index is 1560. The molecule has 1 aliphatic heterocycles. The van der Waals surface area contributed by atoms with Gasteiger partial charge in [-0.1, -0.05) is 29.5 Å². The number of hydrogen-bond donors (Lipinski definition) is 2. The third-order valence-corrected chi connectivity index (χ3v) is 7.01. The van der Waals surface area contributed by atoms with Crippen LogP contribution >= 0.6 is 11.6 Å². The Morgan fingerprint density at radius 2 is 2.00 bits per heavy atom. The number of piperidine rings is 1. The molecule has 3 atom stereocenters. The predicted molar refractivity (Wildman–Crippen MR) is 140 cm³/mol. The molecule has 2 N–H and O–H groups in total. The Kier molecular flexibility index (Phi) is 6.04. The first-order valence-electron chi connectivity index (χ1n) is 11.8. The number of rotatable bonds is 6. The highest BCUT2D eigenvalue weighted by Crippen LogP contribution is 2.48. The minimum Gasteiger partial charge on any atom is -0.486 e.